The Morgan fingerprint density at radius 2 is 2.22 bits per heavy atom. The van der Waals surface area contributed by atoms with Crippen molar-refractivity contribution in [3.63, 3.8) is 0 Å². The Morgan fingerprint density at radius 1 is 1.33 bits per heavy atom. The first-order valence-electron chi connectivity index (χ1n) is 3.78. The van der Waals surface area contributed by atoms with E-state index in [9.17, 15) is 0 Å². The molecule has 0 bridgehead atoms. The zero-order valence-electron chi connectivity index (χ0n) is 5.60. The predicted molar refractivity (Wildman–Crippen MR) is 35.3 cm³/mol. The number of hydrogen-bond donors (Lipinski definition) is 1. The molecule has 1 atom stereocenters. The van der Waals surface area contributed by atoms with Gasteiger partial charge in [-0.3, -0.25) is 0 Å². The van der Waals surface area contributed by atoms with Gasteiger partial charge in [-0.25, -0.2) is 0 Å². The van der Waals surface area contributed by atoms with E-state index < -0.39 is 0 Å². The Balaban J connectivity index is 1.80. The lowest BCUT2D eigenvalue weighted by atomic mass is 10.2. The summed E-state index contributed by atoms with van der Waals surface area (Å²) in [7, 11) is 0. The van der Waals surface area contributed by atoms with Crippen LogP contribution in [0.1, 0.15) is 12.8 Å². The lowest BCUT2D eigenvalue weighted by Gasteiger charge is -2.23. The smallest absolute Gasteiger partial charge is 0.0622 e. The highest BCUT2D eigenvalue weighted by molar-refractivity contribution is 4.87. The molecule has 0 radical (unpaired) electrons. The number of rotatable bonds is 1. The average Bonchev–Trinajstić information content (AvgIpc) is 2.71. The van der Waals surface area contributed by atoms with Crippen LogP contribution in [0.25, 0.3) is 0 Å². The molecule has 1 saturated heterocycles. The molecule has 52 valence electrons. The molecule has 0 unspecified atom stereocenters. The number of morpholine rings is 1. The molecule has 1 aliphatic heterocycles. The minimum absolute atomic E-state index is 0.693. The molecule has 1 saturated carbocycles. The SMILES string of the molecule is C1COC[C@@H](C2CC2)N1. The summed E-state index contributed by atoms with van der Waals surface area (Å²) >= 11 is 0. The van der Waals surface area contributed by atoms with Gasteiger partial charge in [0.25, 0.3) is 0 Å². The van der Waals surface area contributed by atoms with Crippen LogP contribution < -0.4 is 5.32 Å². The van der Waals surface area contributed by atoms with Crippen LogP contribution in [-0.2, 0) is 4.74 Å². The van der Waals surface area contributed by atoms with E-state index in [0.29, 0.717) is 6.04 Å². The van der Waals surface area contributed by atoms with Gasteiger partial charge < -0.3 is 10.1 Å². The van der Waals surface area contributed by atoms with Crippen LogP contribution in [0.2, 0.25) is 0 Å². The monoisotopic (exact) mass is 127 g/mol. The van der Waals surface area contributed by atoms with Gasteiger partial charge in [-0.05, 0) is 18.8 Å². The Bertz CT molecular complexity index is 95.1. The topological polar surface area (TPSA) is 21.3 Å². The molecule has 2 aliphatic rings. The third-order valence-corrected chi connectivity index (χ3v) is 2.14. The van der Waals surface area contributed by atoms with Gasteiger partial charge in [0.1, 0.15) is 0 Å². The maximum atomic E-state index is 5.32. The highest BCUT2D eigenvalue weighted by Gasteiger charge is 2.31. The van der Waals surface area contributed by atoms with Gasteiger partial charge in [-0.15, -0.1) is 0 Å². The van der Waals surface area contributed by atoms with Crippen LogP contribution in [0.3, 0.4) is 0 Å². The van der Waals surface area contributed by atoms with E-state index in [2.05, 4.69) is 5.32 Å². The molecule has 0 aromatic heterocycles. The second-order valence-corrected chi connectivity index (χ2v) is 2.97. The molecular formula is C7H13NO. The summed E-state index contributed by atoms with van der Waals surface area (Å²) in [5, 5.41) is 3.46. The molecule has 1 N–H and O–H groups in total. The van der Waals surface area contributed by atoms with Crippen LogP contribution in [0, 0.1) is 5.92 Å². The van der Waals surface area contributed by atoms with Crippen LogP contribution >= 0.6 is 0 Å². The predicted octanol–water partition coefficient (Wildman–Crippen LogP) is 0.385. The Hall–Kier alpha value is -0.0800. The second kappa shape index (κ2) is 2.27. The molecule has 0 aromatic carbocycles. The summed E-state index contributed by atoms with van der Waals surface area (Å²) in [6, 6.07) is 0.693. The third kappa shape index (κ3) is 1.25. The fourth-order valence-electron chi connectivity index (χ4n) is 1.39. The third-order valence-electron chi connectivity index (χ3n) is 2.14. The molecule has 0 spiro atoms. The molecule has 0 amide bonds. The minimum atomic E-state index is 0.693. The van der Waals surface area contributed by atoms with Crippen molar-refractivity contribution >= 4 is 0 Å². The molecule has 9 heavy (non-hydrogen) atoms. The fourth-order valence-corrected chi connectivity index (χ4v) is 1.39. The summed E-state index contributed by atoms with van der Waals surface area (Å²) in [4.78, 5) is 0. The lowest BCUT2D eigenvalue weighted by Crippen LogP contribution is -2.42. The number of hydrogen-bond acceptors (Lipinski definition) is 2. The largest absolute Gasteiger partial charge is 0.379 e. The zero-order chi connectivity index (χ0) is 6.10. The molecule has 2 heteroatoms. The van der Waals surface area contributed by atoms with Gasteiger partial charge in [0.05, 0.1) is 13.2 Å². The van der Waals surface area contributed by atoms with Crippen molar-refractivity contribution in [1.82, 2.24) is 5.32 Å². The van der Waals surface area contributed by atoms with Gasteiger partial charge in [-0.2, -0.15) is 0 Å². The van der Waals surface area contributed by atoms with E-state index in [1.165, 1.54) is 12.8 Å². The van der Waals surface area contributed by atoms with Crippen LogP contribution in [-0.4, -0.2) is 25.8 Å². The summed E-state index contributed by atoms with van der Waals surface area (Å²) in [6.07, 6.45) is 2.84. The number of nitrogens with one attached hydrogen (secondary N) is 1. The maximum Gasteiger partial charge on any atom is 0.0622 e. The molecule has 1 aliphatic carbocycles. The normalized spacial score (nSPS) is 36.7. The van der Waals surface area contributed by atoms with Crippen molar-refractivity contribution in [1.29, 1.82) is 0 Å². The van der Waals surface area contributed by atoms with E-state index in [1.54, 1.807) is 0 Å². The Morgan fingerprint density at radius 3 is 2.78 bits per heavy atom. The van der Waals surface area contributed by atoms with E-state index in [4.69, 9.17) is 4.74 Å². The summed E-state index contributed by atoms with van der Waals surface area (Å²) in [6.45, 7) is 2.91. The first-order chi connectivity index (χ1) is 4.47. The lowest BCUT2D eigenvalue weighted by molar-refractivity contribution is 0.0701. The van der Waals surface area contributed by atoms with E-state index in [0.717, 1.165) is 25.7 Å². The van der Waals surface area contributed by atoms with Crippen molar-refractivity contribution in [2.45, 2.75) is 18.9 Å². The van der Waals surface area contributed by atoms with Crippen molar-refractivity contribution < 1.29 is 4.74 Å². The van der Waals surface area contributed by atoms with Crippen molar-refractivity contribution in [2.75, 3.05) is 19.8 Å². The summed E-state index contributed by atoms with van der Waals surface area (Å²) in [5.41, 5.74) is 0. The van der Waals surface area contributed by atoms with Crippen molar-refractivity contribution in [3.05, 3.63) is 0 Å². The second-order valence-electron chi connectivity index (χ2n) is 2.97. The van der Waals surface area contributed by atoms with Crippen molar-refractivity contribution in [2.24, 2.45) is 5.92 Å². The van der Waals surface area contributed by atoms with Gasteiger partial charge >= 0.3 is 0 Å². The summed E-state index contributed by atoms with van der Waals surface area (Å²) < 4.78 is 5.32. The first kappa shape index (κ1) is 5.69. The zero-order valence-corrected chi connectivity index (χ0v) is 5.60. The Kier molecular flexibility index (Phi) is 1.44. The maximum absolute atomic E-state index is 5.32. The molecule has 2 nitrogen and oxygen atoms in total. The minimum Gasteiger partial charge on any atom is -0.379 e. The number of ether oxygens (including phenoxy) is 1. The summed E-state index contributed by atoms with van der Waals surface area (Å²) in [5.74, 6) is 0.949. The quantitative estimate of drug-likeness (QED) is 0.550. The molecule has 1 heterocycles. The van der Waals surface area contributed by atoms with Gasteiger partial charge in [0.15, 0.2) is 0 Å². The van der Waals surface area contributed by atoms with Gasteiger partial charge in [-0.1, -0.05) is 0 Å². The fraction of sp³-hybridized carbons (Fsp3) is 1.00. The molecule has 2 rings (SSSR count). The van der Waals surface area contributed by atoms with Crippen LogP contribution in [0.5, 0.6) is 0 Å². The highest BCUT2D eigenvalue weighted by atomic mass is 16.5. The molecule has 2 fully saturated rings. The Labute approximate surface area is 55.6 Å². The highest BCUT2D eigenvalue weighted by Crippen LogP contribution is 2.33. The van der Waals surface area contributed by atoms with Gasteiger partial charge in [0, 0.05) is 12.6 Å². The molecular weight excluding hydrogens is 114 g/mol. The van der Waals surface area contributed by atoms with Crippen LogP contribution in [0.15, 0.2) is 0 Å². The standard InChI is InChI=1S/C7H13NO/c1-2-6(1)7-5-9-4-3-8-7/h6-8H,1-5H2/t7-/m0/s1. The first-order valence-corrected chi connectivity index (χ1v) is 3.78. The van der Waals surface area contributed by atoms with E-state index in [1.807, 2.05) is 0 Å². The van der Waals surface area contributed by atoms with E-state index in [-0.39, 0.29) is 0 Å². The van der Waals surface area contributed by atoms with Gasteiger partial charge in [0.2, 0.25) is 0 Å². The average molecular weight is 127 g/mol. The van der Waals surface area contributed by atoms with Crippen LogP contribution in [0.4, 0.5) is 0 Å². The van der Waals surface area contributed by atoms with E-state index >= 15 is 0 Å². The molecule has 0 aromatic rings. The van der Waals surface area contributed by atoms with Crippen molar-refractivity contribution in [3.8, 4) is 0 Å².